The van der Waals surface area contributed by atoms with Crippen molar-refractivity contribution in [2.45, 2.75) is 77.8 Å². The van der Waals surface area contributed by atoms with Crippen LogP contribution in [-0.2, 0) is 19.1 Å². The van der Waals surface area contributed by atoms with E-state index < -0.39 is 46.0 Å². The summed E-state index contributed by atoms with van der Waals surface area (Å²) in [7, 11) is 0. The minimum Gasteiger partial charge on any atom is -0.478 e. The Morgan fingerprint density at radius 3 is 2.32 bits per heavy atom. The van der Waals surface area contributed by atoms with Gasteiger partial charge in [-0.1, -0.05) is 37.6 Å². The minimum absolute atomic E-state index is 0.0894. The molecule has 6 rings (SSSR count). The molecule has 1 aliphatic heterocycles. The molecule has 3 N–H and O–H groups in total. The largest absolute Gasteiger partial charge is 0.478 e. The van der Waals surface area contributed by atoms with E-state index in [2.05, 4.69) is 0 Å². The lowest BCUT2D eigenvalue weighted by Gasteiger charge is -2.85. The second-order valence-electron chi connectivity index (χ2n) is 11.8. The molecule has 1 heterocycles. The maximum Gasteiger partial charge on any atom is 0.335 e. The molecule has 1 aromatic rings. The van der Waals surface area contributed by atoms with Crippen LogP contribution in [-0.4, -0.2) is 63.6 Å². The quantitative estimate of drug-likeness (QED) is 0.407. The highest BCUT2D eigenvalue weighted by Crippen LogP contribution is 2.86. The molecule has 200 valence electrons. The summed E-state index contributed by atoms with van der Waals surface area (Å²) >= 11 is 0. The smallest absolute Gasteiger partial charge is 0.335 e. The summed E-state index contributed by atoms with van der Waals surface area (Å²) in [5, 5.41) is 31.5. The Bertz CT molecular complexity index is 1190. The predicted molar refractivity (Wildman–Crippen MR) is 133 cm³/mol. The first-order valence-electron chi connectivity index (χ1n) is 13.0. The molecule has 1 aromatic carbocycles. The molecule has 0 radical (unpaired) electrons. The van der Waals surface area contributed by atoms with Crippen molar-refractivity contribution in [1.29, 1.82) is 0 Å². The van der Waals surface area contributed by atoms with Crippen LogP contribution in [0.25, 0.3) is 0 Å². The number of aromatic carboxylic acids is 1. The SMILES string of the molecule is CC(=O)O[C@H]1C(=O)[C@]2(C)[C@@H](O)C[C@H]3OC[C@H]3C23C(C)[C@]2(O)CCC(C)=C1[C@]32C.O=C(O)c1ccccc1. The molecular formula is C29H36O8. The number of esters is 1. The Labute approximate surface area is 216 Å². The predicted octanol–water partition coefficient (Wildman–Crippen LogP) is 3.16. The van der Waals surface area contributed by atoms with Crippen molar-refractivity contribution in [3.63, 3.8) is 0 Å². The highest BCUT2D eigenvalue weighted by Gasteiger charge is 2.91. The van der Waals surface area contributed by atoms with Gasteiger partial charge in [-0.2, -0.15) is 0 Å². The van der Waals surface area contributed by atoms with E-state index in [0.29, 0.717) is 31.4 Å². The first kappa shape index (κ1) is 26.1. The van der Waals surface area contributed by atoms with Crippen molar-refractivity contribution in [3.8, 4) is 0 Å². The average Bonchev–Trinajstić information content (AvgIpc) is 2.84. The van der Waals surface area contributed by atoms with Gasteiger partial charge in [0.2, 0.25) is 0 Å². The third-order valence-corrected chi connectivity index (χ3v) is 10.8. The number of ether oxygens (including phenoxy) is 2. The van der Waals surface area contributed by atoms with Crippen molar-refractivity contribution in [2.24, 2.45) is 28.1 Å². The topological polar surface area (TPSA) is 130 Å². The van der Waals surface area contributed by atoms with Crippen LogP contribution in [0.15, 0.2) is 41.5 Å². The molecular weight excluding hydrogens is 476 g/mol. The van der Waals surface area contributed by atoms with E-state index in [0.717, 1.165) is 11.1 Å². The van der Waals surface area contributed by atoms with Crippen LogP contribution < -0.4 is 0 Å². The Balaban J connectivity index is 0.000000265. The molecule has 5 aliphatic rings. The van der Waals surface area contributed by atoms with E-state index in [1.165, 1.54) is 6.92 Å². The zero-order valence-electron chi connectivity index (χ0n) is 22.0. The molecule has 3 saturated carbocycles. The van der Waals surface area contributed by atoms with Crippen LogP contribution >= 0.6 is 0 Å². The van der Waals surface area contributed by atoms with Crippen molar-refractivity contribution in [2.75, 3.05) is 6.61 Å². The van der Waals surface area contributed by atoms with E-state index in [4.69, 9.17) is 14.6 Å². The second-order valence-corrected chi connectivity index (χ2v) is 11.8. The van der Waals surface area contributed by atoms with Gasteiger partial charge < -0.3 is 24.8 Å². The Hall–Kier alpha value is -2.55. The van der Waals surface area contributed by atoms with E-state index in [-0.39, 0.29) is 23.7 Å². The summed E-state index contributed by atoms with van der Waals surface area (Å²) in [6, 6.07) is 8.30. The Morgan fingerprint density at radius 2 is 1.81 bits per heavy atom. The van der Waals surface area contributed by atoms with Gasteiger partial charge in [0.25, 0.3) is 0 Å². The average molecular weight is 513 g/mol. The van der Waals surface area contributed by atoms with Crippen LogP contribution in [0.1, 0.15) is 64.2 Å². The van der Waals surface area contributed by atoms with Crippen LogP contribution in [0.3, 0.4) is 0 Å². The van der Waals surface area contributed by atoms with Gasteiger partial charge in [-0.3, -0.25) is 9.59 Å². The van der Waals surface area contributed by atoms with Gasteiger partial charge in [0.05, 0.1) is 35.4 Å². The number of rotatable bonds is 2. The number of allylic oxidation sites excluding steroid dienone is 1. The maximum absolute atomic E-state index is 13.9. The summed E-state index contributed by atoms with van der Waals surface area (Å²) in [6.07, 6.45) is -0.322. The minimum atomic E-state index is -1.10. The molecule has 1 spiro atoms. The molecule has 4 fully saturated rings. The van der Waals surface area contributed by atoms with Gasteiger partial charge in [-0.25, -0.2) is 4.79 Å². The molecule has 8 nitrogen and oxygen atoms in total. The second kappa shape index (κ2) is 8.22. The maximum atomic E-state index is 13.9. The van der Waals surface area contributed by atoms with Crippen LogP contribution in [0, 0.1) is 28.1 Å². The van der Waals surface area contributed by atoms with Crippen LogP contribution in [0.5, 0.6) is 0 Å². The van der Waals surface area contributed by atoms with Crippen molar-refractivity contribution in [3.05, 3.63) is 47.0 Å². The number of aliphatic hydroxyl groups is 2. The van der Waals surface area contributed by atoms with E-state index >= 15 is 0 Å². The summed E-state index contributed by atoms with van der Waals surface area (Å²) < 4.78 is 11.4. The fourth-order valence-electron chi connectivity index (χ4n) is 9.26. The number of hydrogen-bond acceptors (Lipinski definition) is 7. The van der Waals surface area contributed by atoms with Crippen LogP contribution in [0.4, 0.5) is 0 Å². The van der Waals surface area contributed by atoms with Gasteiger partial charge >= 0.3 is 11.9 Å². The number of aliphatic hydroxyl groups excluding tert-OH is 1. The number of carbonyl (C=O) groups excluding carboxylic acids is 2. The monoisotopic (exact) mass is 512 g/mol. The highest BCUT2D eigenvalue weighted by molar-refractivity contribution is 5.97. The van der Waals surface area contributed by atoms with Gasteiger partial charge in [-0.05, 0) is 50.3 Å². The lowest BCUT2D eigenvalue weighted by molar-refractivity contribution is -0.416. The number of benzene rings is 1. The summed E-state index contributed by atoms with van der Waals surface area (Å²) in [5.74, 6) is -1.68. The molecule has 0 aromatic heterocycles. The molecule has 0 amide bonds. The Kier molecular flexibility index (Phi) is 5.79. The van der Waals surface area contributed by atoms with Gasteiger partial charge in [-0.15, -0.1) is 0 Å². The third kappa shape index (κ3) is 2.87. The summed E-state index contributed by atoms with van der Waals surface area (Å²) in [5.41, 5.74) is -1.30. The lowest BCUT2D eigenvalue weighted by atomic mass is 9.19. The van der Waals surface area contributed by atoms with Crippen molar-refractivity contribution < 1.29 is 39.2 Å². The molecule has 2 unspecified atom stereocenters. The fourth-order valence-corrected chi connectivity index (χ4v) is 9.26. The number of Topliss-reactive ketones (excluding diaryl/α,β-unsaturated/α-hetero) is 1. The first-order valence-corrected chi connectivity index (χ1v) is 13.0. The van der Waals surface area contributed by atoms with Gasteiger partial charge in [0.1, 0.15) is 0 Å². The zero-order valence-corrected chi connectivity index (χ0v) is 22.0. The number of carboxylic acid groups (broad SMARTS) is 1. The van der Waals surface area contributed by atoms with Crippen molar-refractivity contribution >= 4 is 17.7 Å². The number of carbonyl (C=O) groups is 3. The summed E-state index contributed by atoms with van der Waals surface area (Å²) in [6.45, 7) is 9.75. The number of hydrogen-bond donors (Lipinski definition) is 3. The normalized spacial score (nSPS) is 45.1. The van der Waals surface area contributed by atoms with E-state index in [9.17, 15) is 24.6 Å². The van der Waals surface area contributed by atoms with E-state index in [1.54, 1.807) is 30.3 Å². The molecule has 9 atom stereocenters. The van der Waals surface area contributed by atoms with Crippen LogP contribution in [0.2, 0.25) is 0 Å². The molecule has 37 heavy (non-hydrogen) atoms. The Morgan fingerprint density at radius 1 is 1.16 bits per heavy atom. The molecule has 0 bridgehead atoms. The van der Waals surface area contributed by atoms with Crippen molar-refractivity contribution in [1.82, 2.24) is 0 Å². The molecule has 4 aliphatic carbocycles. The zero-order chi connectivity index (χ0) is 27.1. The standard InChI is InChI=1S/C22H30O6.C7H6O2/c1-10-6-7-21(26)11(2)22-13-9-27-14(13)8-15(24)19(22,4)18(25)17(28-12(3)23)16(10)20(21,22)5;8-7(9)6-4-2-1-3-5-6/h11,13-15,17,24,26H,6-9H2,1-5H3;1-5H,(H,8,9)/t11?,13-,14-,15+,17-,19+,20+,21-,22?;/m1./s1. The third-order valence-electron chi connectivity index (χ3n) is 10.8. The highest BCUT2D eigenvalue weighted by atomic mass is 16.5. The first-order chi connectivity index (χ1) is 17.3. The van der Waals surface area contributed by atoms with E-state index in [1.807, 2.05) is 27.7 Å². The van der Waals surface area contributed by atoms with Gasteiger partial charge in [0.15, 0.2) is 11.9 Å². The number of fused-ring (bicyclic) bond motifs is 1. The fraction of sp³-hybridized carbons (Fsp3) is 0.621. The number of carboxylic acids is 1. The summed E-state index contributed by atoms with van der Waals surface area (Å²) in [4.78, 5) is 36.0. The van der Waals surface area contributed by atoms with Gasteiger partial charge in [0, 0.05) is 30.1 Å². The lowest BCUT2D eigenvalue weighted by Crippen LogP contribution is -2.91. The molecule has 1 saturated heterocycles. The molecule has 8 heteroatoms. The number of ketones is 1.